The molecule has 3 rings (SSSR count). The molecule has 6 nitrogen and oxygen atoms in total. The molecule has 0 saturated carbocycles. The van der Waals surface area contributed by atoms with Crippen LogP contribution in [0, 0.1) is 5.82 Å². The number of benzene rings is 2. The number of rotatable bonds is 7. The number of halogens is 2. The Labute approximate surface area is 178 Å². The lowest BCUT2D eigenvalue weighted by atomic mass is 10.2. The number of hydrogen-bond acceptors (Lipinski definition) is 4. The van der Waals surface area contributed by atoms with Crippen LogP contribution in [0.1, 0.15) is 6.42 Å². The summed E-state index contributed by atoms with van der Waals surface area (Å²) in [5, 5.41) is 5.67. The summed E-state index contributed by atoms with van der Waals surface area (Å²) in [6.45, 7) is 4.16. The second-order valence-electron chi connectivity index (χ2n) is 6.98. The SMILES string of the molecule is O=C(CCN1CCN(CC(=O)Nc2ccc(F)cc2)CC1)Nc1ccc(Br)cc1. The summed E-state index contributed by atoms with van der Waals surface area (Å²) in [6.07, 6.45) is 0.432. The van der Waals surface area contributed by atoms with E-state index in [0.29, 0.717) is 25.2 Å². The maximum atomic E-state index is 12.9. The third kappa shape index (κ3) is 7.23. The van der Waals surface area contributed by atoms with Gasteiger partial charge in [-0.2, -0.15) is 0 Å². The van der Waals surface area contributed by atoms with E-state index in [-0.39, 0.29) is 17.6 Å². The highest BCUT2D eigenvalue weighted by atomic mass is 79.9. The molecule has 2 N–H and O–H groups in total. The average molecular weight is 463 g/mol. The van der Waals surface area contributed by atoms with E-state index >= 15 is 0 Å². The van der Waals surface area contributed by atoms with E-state index in [9.17, 15) is 14.0 Å². The van der Waals surface area contributed by atoms with Gasteiger partial charge in [-0.1, -0.05) is 15.9 Å². The zero-order chi connectivity index (χ0) is 20.6. The first kappa shape index (κ1) is 21.4. The van der Waals surface area contributed by atoms with E-state index in [1.54, 1.807) is 12.1 Å². The van der Waals surface area contributed by atoms with Crippen molar-refractivity contribution in [2.75, 3.05) is 49.9 Å². The molecular formula is C21H24BrFN4O2. The minimum Gasteiger partial charge on any atom is -0.326 e. The van der Waals surface area contributed by atoms with E-state index < -0.39 is 0 Å². The van der Waals surface area contributed by atoms with Crippen molar-refractivity contribution in [2.45, 2.75) is 6.42 Å². The maximum Gasteiger partial charge on any atom is 0.238 e. The van der Waals surface area contributed by atoms with Crippen molar-refractivity contribution in [1.29, 1.82) is 0 Å². The van der Waals surface area contributed by atoms with E-state index in [1.165, 1.54) is 12.1 Å². The van der Waals surface area contributed by atoms with Crippen LogP contribution in [0.25, 0.3) is 0 Å². The smallest absolute Gasteiger partial charge is 0.238 e. The van der Waals surface area contributed by atoms with Gasteiger partial charge in [0.25, 0.3) is 0 Å². The van der Waals surface area contributed by atoms with Gasteiger partial charge in [-0.3, -0.25) is 14.5 Å². The van der Waals surface area contributed by atoms with E-state index in [2.05, 4.69) is 36.4 Å². The van der Waals surface area contributed by atoms with Crippen LogP contribution in [0.5, 0.6) is 0 Å². The molecule has 1 aliphatic rings. The number of anilines is 2. The molecule has 29 heavy (non-hydrogen) atoms. The third-order valence-corrected chi connectivity index (χ3v) is 5.27. The molecule has 2 aromatic rings. The highest BCUT2D eigenvalue weighted by Gasteiger charge is 2.19. The molecule has 2 amide bonds. The van der Waals surface area contributed by atoms with Gasteiger partial charge in [0.05, 0.1) is 6.54 Å². The second kappa shape index (κ2) is 10.5. The van der Waals surface area contributed by atoms with Gasteiger partial charge in [-0.15, -0.1) is 0 Å². The van der Waals surface area contributed by atoms with Crippen LogP contribution in [0.15, 0.2) is 53.0 Å². The van der Waals surface area contributed by atoms with Crippen molar-refractivity contribution in [1.82, 2.24) is 9.80 Å². The van der Waals surface area contributed by atoms with Crippen LogP contribution in [0.3, 0.4) is 0 Å². The van der Waals surface area contributed by atoms with E-state index in [4.69, 9.17) is 0 Å². The molecule has 0 bridgehead atoms. The number of nitrogens with zero attached hydrogens (tertiary/aromatic N) is 2. The highest BCUT2D eigenvalue weighted by Crippen LogP contribution is 2.14. The molecular weight excluding hydrogens is 439 g/mol. The van der Waals surface area contributed by atoms with Crippen molar-refractivity contribution < 1.29 is 14.0 Å². The van der Waals surface area contributed by atoms with Crippen LogP contribution < -0.4 is 10.6 Å². The standard InChI is InChI=1S/C21H24BrFN4O2/c22-16-1-5-18(6-2-16)24-20(28)9-10-26-11-13-27(14-12-26)15-21(29)25-19-7-3-17(23)4-8-19/h1-8H,9-15H2,(H,24,28)(H,25,29). The zero-order valence-electron chi connectivity index (χ0n) is 16.0. The molecule has 0 atom stereocenters. The lowest BCUT2D eigenvalue weighted by molar-refractivity contribution is -0.117. The van der Waals surface area contributed by atoms with E-state index in [0.717, 1.165) is 36.3 Å². The fraction of sp³-hybridized carbons (Fsp3) is 0.333. The summed E-state index contributed by atoms with van der Waals surface area (Å²) in [7, 11) is 0. The first-order valence-corrected chi connectivity index (χ1v) is 10.3. The van der Waals surface area contributed by atoms with Crippen LogP contribution in [-0.2, 0) is 9.59 Å². The van der Waals surface area contributed by atoms with Crippen molar-refractivity contribution in [3.63, 3.8) is 0 Å². The minimum absolute atomic E-state index is 0.00609. The fourth-order valence-electron chi connectivity index (χ4n) is 3.12. The minimum atomic E-state index is -0.329. The Morgan fingerprint density at radius 3 is 1.97 bits per heavy atom. The lowest BCUT2D eigenvalue weighted by Crippen LogP contribution is -2.49. The first-order chi connectivity index (χ1) is 14.0. The van der Waals surface area contributed by atoms with E-state index in [1.807, 2.05) is 24.3 Å². The van der Waals surface area contributed by atoms with Crippen LogP contribution in [0.4, 0.5) is 15.8 Å². The Balaban J connectivity index is 1.33. The predicted molar refractivity (Wildman–Crippen MR) is 115 cm³/mol. The van der Waals surface area contributed by atoms with Gasteiger partial charge in [0.15, 0.2) is 0 Å². The van der Waals surface area contributed by atoms with Gasteiger partial charge in [0.2, 0.25) is 11.8 Å². The molecule has 1 heterocycles. The van der Waals surface area contributed by atoms with Gasteiger partial charge in [-0.05, 0) is 48.5 Å². The highest BCUT2D eigenvalue weighted by molar-refractivity contribution is 9.10. The lowest BCUT2D eigenvalue weighted by Gasteiger charge is -2.34. The number of carbonyl (C=O) groups excluding carboxylic acids is 2. The second-order valence-corrected chi connectivity index (χ2v) is 7.89. The summed E-state index contributed by atoms with van der Waals surface area (Å²) in [5.41, 5.74) is 1.38. The average Bonchev–Trinajstić information content (AvgIpc) is 2.71. The molecule has 0 spiro atoms. The molecule has 1 fully saturated rings. The maximum absolute atomic E-state index is 12.9. The molecule has 0 unspecified atom stereocenters. The Morgan fingerprint density at radius 1 is 0.828 bits per heavy atom. The number of nitrogens with one attached hydrogen (secondary N) is 2. The van der Waals surface area contributed by atoms with Gasteiger partial charge < -0.3 is 15.5 Å². The third-order valence-electron chi connectivity index (χ3n) is 4.74. The molecule has 0 radical (unpaired) electrons. The Bertz CT molecular complexity index is 822. The van der Waals surface area contributed by atoms with Crippen LogP contribution in [0.2, 0.25) is 0 Å². The number of carbonyl (C=O) groups is 2. The summed E-state index contributed by atoms with van der Waals surface area (Å²) in [5.74, 6) is -0.447. The molecule has 8 heteroatoms. The molecule has 154 valence electrons. The molecule has 2 aromatic carbocycles. The molecule has 1 aliphatic heterocycles. The normalized spacial score (nSPS) is 15.1. The van der Waals surface area contributed by atoms with Crippen LogP contribution >= 0.6 is 15.9 Å². The first-order valence-electron chi connectivity index (χ1n) is 9.53. The fourth-order valence-corrected chi connectivity index (χ4v) is 3.39. The summed E-state index contributed by atoms with van der Waals surface area (Å²) in [6, 6.07) is 13.2. The number of amides is 2. The van der Waals surface area contributed by atoms with Gasteiger partial charge in [0.1, 0.15) is 5.82 Å². The Morgan fingerprint density at radius 2 is 1.34 bits per heavy atom. The Hall–Kier alpha value is -2.29. The number of hydrogen-bond donors (Lipinski definition) is 2. The molecule has 1 saturated heterocycles. The van der Waals surface area contributed by atoms with Crippen molar-refractivity contribution in [3.05, 3.63) is 58.8 Å². The zero-order valence-corrected chi connectivity index (χ0v) is 17.6. The summed E-state index contributed by atoms with van der Waals surface area (Å²) in [4.78, 5) is 28.6. The van der Waals surface area contributed by atoms with Crippen molar-refractivity contribution in [3.8, 4) is 0 Å². The molecule has 0 aliphatic carbocycles. The number of piperazine rings is 1. The monoisotopic (exact) mass is 462 g/mol. The quantitative estimate of drug-likeness (QED) is 0.663. The van der Waals surface area contributed by atoms with Gasteiger partial charge in [-0.25, -0.2) is 4.39 Å². The largest absolute Gasteiger partial charge is 0.326 e. The van der Waals surface area contributed by atoms with Gasteiger partial charge in [0, 0.05) is 55.0 Å². The van der Waals surface area contributed by atoms with Crippen LogP contribution in [-0.4, -0.2) is 60.9 Å². The van der Waals surface area contributed by atoms with Gasteiger partial charge >= 0.3 is 0 Å². The van der Waals surface area contributed by atoms with Crippen molar-refractivity contribution in [2.24, 2.45) is 0 Å². The van der Waals surface area contributed by atoms with Crippen molar-refractivity contribution >= 4 is 39.1 Å². The predicted octanol–water partition coefficient (Wildman–Crippen LogP) is 3.17. The summed E-state index contributed by atoms with van der Waals surface area (Å²) >= 11 is 3.37. The summed E-state index contributed by atoms with van der Waals surface area (Å²) < 4.78 is 13.9. The molecule has 0 aromatic heterocycles. The topological polar surface area (TPSA) is 64.7 Å². The Kier molecular flexibility index (Phi) is 7.74.